The number of likely N-dealkylation sites (tertiary alicyclic amines) is 1. The normalized spacial score (nSPS) is 18.1. The summed E-state index contributed by atoms with van der Waals surface area (Å²) < 4.78 is 6.10. The molecule has 29 heavy (non-hydrogen) atoms. The van der Waals surface area contributed by atoms with Gasteiger partial charge in [-0.15, -0.1) is 0 Å². The highest BCUT2D eigenvalue weighted by molar-refractivity contribution is 5.96. The van der Waals surface area contributed by atoms with Gasteiger partial charge >= 0.3 is 0 Å². The highest BCUT2D eigenvalue weighted by Crippen LogP contribution is 2.26. The standard InChI is InChI=1S/C26H34N2O/c1-5-21-13-15-23(16-14-21)26(29-20(2)3)27-25-12-7-6-10-22(25)17-18-24-11-8-9-19-28(24)4/h5-7,10,12-16,20,24H,1,8-9,11,17-19H2,2-4H3/b27-26-. The molecule has 1 saturated heterocycles. The number of benzene rings is 2. The number of para-hydroxylation sites is 1. The van der Waals surface area contributed by atoms with E-state index in [2.05, 4.69) is 54.9 Å². The number of piperidine rings is 1. The van der Waals surface area contributed by atoms with Gasteiger partial charge in [0.15, 0.2) is 0 Å². The lowest BCUT2D eigenvalue weighted by molar-refractivity contribution is 0.176. The van der Waals surface area contributed by atoms with E-state index in [9.17, 15) is 0 Å². The molecule has 0 bridgehead atoms. The maximum atomic E-state index is 6.10. The summed E-state index contributed by atoms with van der Waals surface area (Å²) in [6.07, 6.45) is 8.11. The number of nitrogens with zero attached hydrogens (tertiary/aromatic N) is 2. The van der Waals surface area contributed by atoms with Gasteiger partial charge in [-0.3, -0.25) is 0 Å². The van der Waals surface area contributed by atoms with Crippen LogP contribution in [-0.2, 0) is 11.2 Å². The fourth-order valence-electron chi connectivity index (χ4n) is 3.92. The smallest absolute Gasteiger partial charge is 0.221 e. The molecular weight excluding hydrogens is 356 g/mol. The molecule has 0 aliphatic carbocycles. The van der Waals surface area contributed by atoms with Gasteiger partial charge in [0, 0.05) is 11.6 Å². The predicted octanol–water partition coefficient (Wildman–Crippen LogP) is 6.25. The summed E-state index contributed by atoms with van der Waals surface area (Å²) >= 11 is 0. The first kappa shape index (κ1) is 21.3. The fraction of sp³-hybridized carbons (Fsp3) is 0.423. The van der Waals surface area contributed by atoms with E-state index in [4.69, 9.17) is 9.73 Å². The molecule has 2 aromatic carbocycles. The van der Waals surface area contributed by atoms with E-state index in [-0.39, 0.29) is 6.10 Å². The SMILES string of the molecule is C=Cc1ccc(/C(=N/c2ccccc2CCC2CCCCN2C)OC(C)C)cc1. The first-order valence-electron chi connectivity index (χ1n) is 10.8. The number of ether oxygens (including phenoxy) is 1. The molecule has 3 heteroatoms. The summed E-state index contributed by atoms with van der Waals surface area (Å²) in [7, 11) is 2.26. The maximum absolute atomic E-state index is 6.10. The second-order valence-corrected chi connectivity index (χ2v) is 8.21. The van der Waals surface area contributed by atoms with Crippen molar-refractivity contribution in [2.24, 2.45) is 4.99 Å². The molecule has 154 valence electrons. The van der Waals surface area contributed by atoms with Gasteiger partial charge in [-0.1, -0.05) is 49.4 Å². The minimum absolute atomic E-state index is 0.0656. The average Bonchev–Trinajstić information content (AvgIpc) is 2.73. The van der Waals surface area contributed by atoms with Crippen molar-refractivity contribution in [3.05, 3.63) is 71.8 Å². The zero-order valence-corrected chi connectivity index (χ0v) is 18.1. The first-order chi connectivity index (χ1) is 14.1. The minimum Gasteiger partial charge on any atom is -0.475 e. The van der Waals surface area contributed by atoms with Gasteiger partial charge in [-0.2, -0.15) is 0 Å². The van der Waals surface area contributed by atoms with Gasteiger partial charge in [0.2, 0.25) is 5.90 Å². The van der Waals surface area contributed by atoms with Crippen LogP contribution in [0.1, 0.15) is 56.2 Å². The number of hydrogen-bond donors (Lipinski definition) is 0. The molecule has 3 nitrogen and oxygen atoms in total. The van der Waals surface area contributed by atoms with E-state index in [1.165, 1.54) is 37.8 Å². The molecule has 0 radical (unpaired) electrons. The van der Waals surface area contributed by atoms with Gasteiger partial charge in [0.05, 0.1) is 11.8 Å². The van der Waals surface area contributed by atoms with Crippen LogP contribution in [0.2, 0.25) is 0 Å². The lowest BCUT2D eigenvalue weighted by Crippen LogP contribution is -2.36. The Morgan fingerprint density at radius 1 is 1.17 bits per heavy atom. The summed E-state index contributed by atoms with van der Waals surface area (Å²) in [5.41, 5.74) is 4.38. The van der Waals surface area contributed by atoms with Crippen LogP contribution in [0.5, 0.6) is 0 Å². The van der Waals surface area contributed by atoms with Crippen molar-refractivity contribution < 1.29 is 4.74 Å². The second kappa shape index (κ2) is 10.4. The summed E-state index contributed by atoms with van der Waals surface area (Å²) in [6, 6.07) is 17.4. The Balaban J connectivity index is 1.83. The molecule has 1 unspecified atom stereocenters. The number of hydrogen-bond acceptors (Lipinski definition) is 3. The van der Waals surface area contributed by atoms with Crippen LogP contribution in [0, 0.1) is 0 Å². The second-order valence-electron chi connectivity index (χ2n) is 8.21. The topological polar surface area (TPSA) is 24.8 Å². The predicted molar refractivity (Wildman–Crippen MR) is 124 cm³/mol. The van der Waals surface area contributed by atoms with E-state index in [1.54, 1.807) is 0 Å². The van der Waals surface area contributed by atoms with Crippen molar-refractivity contribution in [2.45, 2.75) is 58.1 Å². The van der Waals surface area contributed by atoms with Crippen LogP contribution in [0.15, 0.2) is 60.1 Å². The van der Waals surface area contributed by atoms with E-state index in [0.29, 0.717) is 11.9 Å². The van der Waals surface area contributed by atoms with Crippen LogP contribution < -0.4 is 0 Å². The van der Waals surface area contributed by atoms with Gasteiger partial charge in [-0.05, 0) is 82.4 Å². The van der Waals surface area contributed by atoms with Crippen molar-refractivity contribution >= 4 is 17.7 Å². The molecule has 1 aliphatic rings. The molecule has 3 rings (SSSR count). The minimum atomic E-state index is 0.0656. The fourth-order valence-corrected chi connectivity index (χ4v) is 3.92. The average molecular weight is 391 g/mol. The largest absolute Gasteiger partial charge is 0.475 e. The van der Waals surface area contributed by atoms with Crippen LogP contribution in [0.4, 0.5) is 5.69 Å². The molecule has 1 fully saturated rings. The van der Waals surface area contributed by atoms with Gasteiger partial charge in [0.1, 0.15) is 0 Å². The van der Waals surface area contributed by atoms with Gasteiger partial charge < -0.3 is 9.64 Å². The zero-order valence-electron chi connectivity index (χ0n) is 18.1. The Morgan fingerprint density at radius 2 is 1.93 bits per heavy atom. The molecule has 0 aromatic heterocycles. The molecule has 2 aromatic rings. The van der Waals surface area contributed by atoms with E-state index < -0.39 is 0 Å². The maximum Gasteiger partial charge on any atom is 0.221 e. The van der Waals surface area contributed by atoms with Crippen LogP contribution >= 0.6 is 0 Å². The molecule has 1 heterocycles. The Bertz CT molecular complexity index is 823. The van der Waals surface area contributed by atoms with Crippen molar-refractivity contribution in [3.8, 4) is 0 Å². The molecule has 0 saturated carbocycles. The Hall–Kier alpha value is -2.39. The molecule has 1 atom stereocenters. The molecule has 0 N–H and O–H groups in total. The Labute approximate surface area is 176 Å². The summed E-state index contributed by atoms with van der Waals surface area (Å²) in [5.74, 6) is 0.679. The van der Waals surface area contributed by atoms with E-state index >= 15 is 0 Å². The quantitative estimate of drug-likeness (QED) is 0.412. The number of aryl methyl sites for hydroxylation is 1. The summed E-state index contributed by atoms with van der Waals surface area (Å²) in [4.78, 5) is 7.48. The monoisotopic (exact) mass is 390 g/mol. The Kier molecular flexibility index (Phi) is 7.65. The highest BCUT2D eigenvalue weighted by Gasteiger charge is 2.19. The summed E-state index contributed by atoms with van der Waals surface area (Å²) in [5, 5.41) is 0. The van der Waals surface area contributed by atoms with Crippen molar-refractivity contribution in [3.63, 3.8) is 0 Å². The molecule has 0 spiro atoms. The van der Waals surface area contributed by atoms with E-state index in [0.717, 1.165) is 23.2 Å². The third-order valence-corrected chi connectivity index (χ3v) is 5.62. The first-order valence-corrected chi connectivity index (χ1v) is 10.8. The van der Waals surface area contributed by atoms with Crippen molar-refractivity contribution in [1.29, 1.82) is 0 Å². The zero-order chi connectivity index (χ0) is 20.6. The van der Waals surface area contributed by atoms with Crippen LogP contribution in [0.3, 0.4) is 0 Å². The lowest BCUT2D eigenvalue weighted by atomic mass is 9.96. The third-order valence-electron chi connectivity index (χ3n) is 5.62. The van der Waals surface area contributed by atoms with E-state index in [1.807, 2.05) is 32.1 Å². The van der Waals surface area contributed by atoms with Crippen molar-refractivity contribution in [1.82, 2.24) is 4.90 Å². The highest BCUT2D eigenvalue weighted by atomic mass is 16.5. The van der Waals surface area contributed by atoms with Crippen LogP contribution in [-0.4, -0.2) is 36.5 Å². The van der Waals surface area contributed by atoms with Gasteiger partial charge in [0.25, 0.3) is 0 Å². The van der Waals surface area contributed by atoms with Crippen LogP contribution in [0.25, 0.3) is 6.08 Å². The molecular formula is C26H34N2O. The number of aliphatic imine (C=N–C) groups is 1. The summed E-state index contributed by atoms with van der Waals surface area (Å²) in [6.45, 7) is 9.13. The van der Waals surface area contributed by atoms with Crippen molar-refractivity contribution in [2.75, 3.05) is 13.6 Å². The van der Waals surface area contributed by atoms with Gasteiger partial charge in [-0.25, -0.2) is 4.99 Å². The molecule has 0 amide bonds. The number of rotatable bonds is 7. The molecule has 1 aliphatic heterocycles. The third kappa shape index (κ3) is 6.04. The Morgan fingerprint density at radius 3 is 2.62 bits per heavy atom. The lowest BCUT2D eigenvalue weighted by Gasteiger charge is -2.32.